The molecule has 0 aromatic rings. The Balaban J connectivity index is 2.61. The molecule has 1 aliphatic rings. The Morgan fingerprint density at radius 3 is 1.54 bits per heavy atom. The SMILES string of the molecule is CCCCCCCCCCCCC/C=C/CC/C=C/C(O)C(COP(=O)(O)OC1C(O)C(O)C(O)C(O)C1O)NC(=O)CC(O)CCCCCCCCCCCC. The predicted molar refractivity (Wildman–Crippen MR) is 224 cm³/mol. The van der Waals surface area contributed by atoms with Crippen LogP contribution in [0.1, 0.15) is 181 Å². The van der Waals surface area contributed by atoms with Crippen LogP contribution in [0.3, 0.4) is 0 Å². The summed E-state index contributed by atoms with van der Waals surface area (Å²) >= 11 is 0. The zero-order valence-corrected chi connectivity index (χ0v) is 36.1. The lowest BCUT2D eigenvalue weighted by Crippen LogP contribution is -2.64. The smallest absolute Gasteiger partial charge is 0.393 e. The van der Waals surface area contributed by atoms with Gasteiger partial charge in [-0.15, -0.1) is 0 Å². The molecule has 0 aromatic carbocycles. The number of rotatable bonds is 36. The van der Waals surface area contributed by atoms with Gasteiger partial charge in [-0.05, 0) is 32.1 Å². The van der Waals surface area contributed by atoms with Crippen molar-refractivity contribution in [1.82, 2.24) is 5.32 Å². The van der Waals surface area contributed by atoms with Crippen LogP contribution in [0.15, 0.2) is 24.3 Å². The minimum Gasteiger partial charge on any atom is -0.393 e. The first-order chi connectivity index (χ1) is 27.3. The van der Waals surface area contributed by atoms with Gasteiger partial charge in [-0.3, -0.25) is 13.8 Å². The van der Waals surface area contributed by atoms with Crippen molar-refractivity contribution in [2.45, 2.75) is 236 Å². The Morgan fingerprint density at radius 1 is 0.614 bits per heavy atom. The number of phosphoric ester groups is 1. The molecule has 57 heavy (non-hydrogen) atoms. The van der Waals surface area contributed by atoms with E-state index >= 15 is 0 Å². The van der Waals surface area contributed by atoms with Gasteiger partial charge in [0.25, 0.3) is 0 Å². The molecule has 0 spiro atoms. The first-order valence-corrected chi connectivity index (χ1v) is 23.9. The van der Waals surface area contributed by atoms with E-state index in [9.17, 15) is 50.0 Å². The molecule has 0 bridgehead atoms. The molecule has 1 aliphatic carbocycles. The Kier molecular flexibility index (Phi) is 31.6. The highest BCUT2D eigenvalue weighted by Gasteiger charge is 2.51. The molecule has 0 aliphatic heterocycles. The molecule has 8 atom stereocenters. The van der Waals surface area contributed by atoms with Crippen molar-refractivity contribution in [3.05, 3.63) is 24.3 Å². The predicted octanol–water partition coefficient (Wildman–Crippen LogP) is 6.81. The third kappa shape index (κ3) is 25.9. The summed E-state index contributed by atoms with van der Waals surface area (Å²) in [6.07, 6.45) is 21.4. The van der Waals surface area contributed by atoms with Crippen LogP contribution in [0.2, 0.25) is 0 Å². The van der Waals surface area contributed by atoms with Gasteiger partial charge in [0.15, 0.2) is 0 Å². The minimum atomic E-state index is -5.14. The van der Waals surface area contributed by atoms with Crippen molar-refractivity contribution in [2.75, 3.05) is 6.61 Å². The van der Waals surface area contributed by atoms with Crippen molar-refractivity contribution in [3.63, 3.8) is 0 Å². The molecule has 8 unspecified atom stereocenters. The topological polar surface area (TPSA) is 226 Å². The second-order valence-electron chi connectivity index (χ2n) is 16.1. The summed E-state index contributed by atoms with van der Waals surface area (Å²) in [7, 11) is -5.14. The van der Waals surface area contributed by atoms with Crippen LogP contribution >= 0.6 is 7.82 Å². The maximum atomic E-state index is 12.9. The highest BCUT2D eigenvalue weighted by molar-refractivity contribution is 7.47. The summed E-state index contributed by atoms with van der Waals surface area (Å²) in [4.78, 5) is 23.3. The highest BCUT2D eigenvalue weighted by Crippen LogP contribution is 2.47. The Labute approximate surface area is 344 Å². The number of phosphoric acid groups is 1. The molecule has 336 valence electrons. The second kappa shape index (κ2) is 33.5. The molecular formula is C43H82NO12P. The van der Waals surface area contributed by atoms with Crippen molar-refractivity contribution < 1.29 is 59.0 Å². The largest absolute Gasteiger partial charge is 0.472 e. The van der Waals surface area contributed by atoms with E-state index in [1.165, 1.54) is 109 Å². The van der Waals surface area contributed by atoms with E-state index < -0.39 is 75.2 Å². The summed E-state index contributed by atoms with van der Waals surface area (Å²) < 4.78 is 22.8. The van der Waals surface area contributed by atoms with Crippen LogP contribution < -0.4 is 5.32 Å². The third-order valence-electron chi connectivity index (χ3n) is 10.8. The van der Waals surface area contributed by atoms with Gasteiger partial charge < -0.3 is 46.0 Å². The summed E-state index contributed by atoms with van der Waals surface area (Å²) in [6, 6.07) is -1.25. The number of amides is 1. The summed E-state index contributed by atoms with van der Waals surface area (Å²) in [5, 5.41) is 74.2. The van der Waals surface area contributed by atoms with Gasteiger partial charge in [0.1, 0.15) is 36.6 Å². The van der Waals surface area contributed by atoms with Crippen LogP contribution in [0.4, 0.5) is 0 Å². The quantitative estimate of drug-likeness (QED) is 0.0180. The fourth-order valence-corrected chi connectivity index (χ4v) is 8.05. The number of allylic oxidation sites excluding steroid dienone is 3. The molecule has 1 fully saturated rings. The fourth-order valence-electron chi connectivity index (χ4n) is 7.08. The molecule has 1 amide bonds. The Bertz CT molecular complexity index is 1080. The zero-order valence-electron chi connectivity index (χ0n) is 35.3. The Hall–Kier alpha value is -1.22. The number of carbonyl (C=O) groups excluding carboxylic acids is 1. The molecule has 0 heterocycles. The standard InChI is InChI=1S/C43H82NO12P/c1-3-5-7-9-11-13-15-16-17-18-19-20-21-23-25-27-29-31-36(46)35(33-55-57(53,54)56-43-41(51)39(49)38(48)40(50)42(43)52)44-37(47)32-34(45)30-28-26-24-22-14-12-10-8-6-4-2/h21,23,29,31,34-36,38-43,45-46,48-52H,3-20,22,24-28,30,32-33H2,1-2H3,(H,44,47)(H,53,54)/b23-21+,31-29+. The first-order valence-electron chi connectivity index (χ1n) is 22.4. The second-order valence-corrected chi connectivity index (χ2v) is 17.5. The number of hydrogen-bond acceptors (Lipinski definition) is 11. The van der Waals surface area contributed by atoms with Gasteiger partial charge in [-0.2, -0.15) is 0 Å². The van der Waals surface area contributed by atoms with Crippen LogP contribution in [0, 0.1) is 0 Å². The van der Waals surface area contributed by atoms with Gasteiger partial charge in [0.05, 0.1) is 31.3 Å². The van der Waals surface area contributed by atoms with Gasteiger partial charge in [0.2, 0.25) is 5.91 Å². The van der Waals surface area contributed by atoms with Crippen molar-refractivity contribution in [3.8, 4) is 0 Å². The van der Waals surface area contributed by atoms with Crippen LogP contribution in [0.5, 0.6) is 0 Å². The molecule has 13 nitrogen and oxygen atoms in total. The minimum absolute atomic E-state index is 0.250. The maximum absolute atomic E-state index is 12.9. The van der Waals surface area contributed by atoms with E-state index in [-0.39, 0.29) is 6.42 Å². The van der Waals surface area contributed by atoms with E-state index in [0.29, 0.717) is 12.8 Å². The van der Waals surface area contributed by atoms with Gasteiger partial charge in [0, 0.05) is 0 Å². The molecule has 9 N–H and O–H groups in total. The third-order valence-corrected chi connectivity index (χ3v) is 11.8. The summed E-state index contributed by atoms with van der Waals surface area (Å²) in [6.45, 7) is 3.70. The van der Waals surface area contributed by atoms with Gasteiger partial charge >= 0.3 is 7.82 Å². The number of aliphatic hydroxyl groups excluding tert-OH is 7. The van der Waals surface area contributed by atoms with Gasteiger partial charge in [-0.1, -0.05) is 167 Å². The van der Waals surface area contributed by atoms with E-state index in [0.717, 1.165) is 44.9 Å². The van der Waals surface area contributed by atoms with Crippen LogP contribution in [-0.4, -0.2) is 108 Å². The average molecular weight is 836 g/mol. The van der Waals surface area contributed by atoms with Crippen molar-refractivity contribution in [1.29, 1.82) is 0 Å². The maximum Gasteiger partial charge on any atom is 0.472 e. The lowest BCUT2D eigenvalue weighted by molar-refractivity contribution is -0.220. The van der Waals surface area contributed by atoms with E-state index in [4.69, 9.17) is 9.05 Å². The van der Waals surface area contributed by atoms with Crippen LogP contribution in [0.25, 0.3) is 0 Å². The number of nitrogens with one attached hydrogen (secondary N) is 1. The molecule has 14 heteroatoms. The normalized spacial score (nSPS) is 24.2. The number of carbonyl (C=O) groups is 1. The van der Waals surface area contributed by atoms with Gasteiger partial charge in [-0.25, -0.2) is 4.57 Å². The number of hydrogen-bond donors (Lipinski definition) is 9. The molecule has 0 radical (unpaired) electrons. The molecule has 1 rings (SSSR count). The zero-order chi connectivity index (χ0) is 42.3. The van der Waals surface area contributed by atoms with Crippen molar-refractivity contribution in [2.24, 2.45) is 0 Å². The molecular weight excluding hydrogens is 753 g/mol. The van der Waals surface area contributed by atoms with E-state index in [1.54, 1.807) is 6.08 Å². The highest BCUT2D eigenvalue weighted by atomic mass is 31.2. The first kappa shape index (κ1) is 53.8. The van der Waals surface area contributed by atoms with Crippen molar-refractivity contribution >= 4 is 13.7 Å². The molecule has 1 saturated carbocycles. The van der Waals surface area contributed by atoms with E-state index in [2.05, 4.69) is 31.3 Å². The number of unbranched alkanes of at least 4 members (excludes halogenated alkanes) is 21. The molecule has 0 aromatic heterocycles. The lowest BCUT2D eigenvalue weighted by atomic mass is 9.85. The average Bonchev–Trinajstić information content (AvgIpc) is 3.18. The summed E-state index contributed by atoms with van der Waals surface area (Å²) in [5.41, 5.74) is 0. The van der Waals surface area contributed by atoms with Crippen LogP contribution in [-0.2, 0) is 18.4 Å². The monoisotopic (exact) mass is 836 g/mol. The molecule has 0 saturated heterocycles. The number of aliphatic hydroxyl groups is 7. The van der Waals surface area contributed by atoms with E-state index in [1.807, 2.05) is 0 Å². The summed E-state index contributed by atoms with van der Waals surface area (Å²) in [5.74, 6) is -0.604. The lowest BCUT2D eigenvalue weighted by Gasteiger charge is -2.41. The Morgan fingerprint density at radius 2 is 1.04 bits per heavy atom. The fraction of sp³-hybridized carbons (Fsp3) is 0.884.